The highest BCUT2D eigenvalue weighted by Gasteiger charge is 2.33. The molecule has 0 saturated carbocycles. The van der Waals surface area contributed by atoms with Gasteiger partial charge < -0.3 is 10.6 Å². The average molecular weight is 365 g/mol. The molecule has 25 heavy (non-hydrogen) atoms. The third-order valence-corrected chi connectivity index (χ3v) is 3.47. The molecule has 0 aliphatic rings. The van der Waals surface area contributed by atoms with Gasteiger partial charge in [-0.3, -0.25) is 0 Å². The van der Waals surface area contributed by atoms with Crippen LogP contribution in [0.15, 0.2) is 60.8 Å². The number of aromatic nitrogens is 2. The Hall–Kier alpha value is -2.80. The highest BCUT2D eigenvalue weighted by atomic mass is 35.5. The maximum atomic E-state index is 13.1. The van der Waals surface area contributed by atoms with E-state index in [0.717, 1.165) is 6.07 Å². The monoisotopic (exact) mass is 364 g/mol. The summed E-state index contributed by atoms with van der Waals surface area (Å²) in [4.78, 5) is 8.13. The Morgan fingerprint density at radius 3 is 2.48 bits per heavy atom. The standard InChI is InChI=1S/C17H12ClF3N4/c18-11-4-3-5-12(10-11)23-15-8-9-22-16(25-15)24-14-7-2-1-6-13(14)17(19,20)21/h1-10H,(H2,22,23,24,25). The molecule has 0 saturated heterocycles. The summed E-state index contributed by atoms with van der Waals surface area (Å²) in [6.07, 6.45) is -3.03. The van der Waals surface area contributed by atoms with Gasteiger partial charge in [0.05, 0.1) is 11.3 Å². The maximum absolute atomic E-state index is 13.1. The molecule has 0 radical (unpaired) electrons. The molecule has 2 aromatic carbocycles. The second kappa shape index (κ2) is 6.98. The van der Waals surface area contributed by atoms with E-state index in [4.69, 9.17) is 11.6 Å². The second-order valence-corrected chi connectivity index (χ2v) is 5.51. The van der Waals surface area contributed by atoms with E-state index in [2.05, 4.69) is 20.6 Å². The van der Waals surface area contributed by atoms with Crippen molar-refractivity contribution in [3.63, 3.8) is 0 Å². The second-order valence-electron chi connectivity index (χ2n) is 5.07. The van der Waals surface area contributed by atoms with Crippen LogP contribution in [0.25, 0.3) is 0 Å². The summed E-state index contributed by atoms with van der Waals surface area (Å²) in [7, 11) is 0. The number of alkyl halides is 3. The largest absolute Gasteiger partial charge is 0.418 e. The van der Waals surface area contributed by atoms with E-state index in [0.29, 0.717) is 16.5 Å². The molecule has 0 atom stereocenters. The Bertz CT molecular complexity index is 884. The first kappa shape index (κ1) is 17.0. The zero-order valence-corrected chi connectivity index (χ0v) is 13.4. The molecule has 1 heterocycles. The molecule has 3 rings (SSSR count). The fourth-order valence-corrected chi connectivity index (χ4v) is 2.35. The number of para-hydroxylation sites is 1. The Morgan fingerprint density at radius 1 is 0.920 bits per heavy atom. The van der Waals surface area contributed by atoms with Crippen LogP contribution in [0.2, 0.25) is 5.02 Å². The van der Waals surface area contributed by atoms with Crippen molar-refractivity contribution in [2.75, 3.05) is 10.6 Å². The van der Waals surface area contributed by atoms with Crippen LogP contribution in [0.1, 0.15) is 5.56 Å². The highest BCUT2D eigenvalue weighted by molar-refractivity contribution is 6.30. The van der Waals surface area contributed by atoms with Crippen molar-refractivity contribution in [2.24, 2.45) is 0 Å². The quantitative estimate of drug-likeness (QED) is 0.629. The van der Waals surface area contributed by atoms with Crippen molar-refractivity contribution in [3.05, 3.63) is 71.4 Å². The van der Waals surface area contributed by atoms with E-state index < -0.39 is 11.7 Å². The Labute approximate surface area is 146 Å². The van der Waals surface area contributed by atoms with Crippen molar-refractivity contribution < 1.29 is 13.2 Å². The van der Waals surface area contributed by atoms with Gasteiger partial charge in [0.1, 0.15) is 5.82 Å². The van der Waals surface area contributed by atoms with Crippen molar-refractivity contribution >= 4 is 34.7 Å². The minimum absolute atomic E-state index is 0.0451. The van der Waals surface area contributed by atoms with Crippen molar-refractivity contribution in [1.29, 1.82) is 0 Å². The van der Waals surface area contributed by atoms with Crippen LogP contribution in [0.3, 0.4) is 0 Å². The summed E-state index contributed by atoms with van der Waals surface area (Å²) in [5, 5.41) is 6.18. The molecule has 4 nitrogen and oxygen atoms in total. The fourth-order valence-electron chi connectivity index (χ4n) is 2.16. The molecule has 0 fully saturated rings. The predicted octanol–water partition coefficient (Wildman–Crippen LogP) is 5.64. The zero-order valence-electron chi connectivity index (χ0n) is 12.7. The molecule has 0 aliphatic heterocycles. The number of hydrogen-bond donors (Lipinski definition) is 2. The molecule has 0 spiro atoms. The third-order valence-electron chi connectivity index (χ3n) is 3.23. The van der Waals surface area contributed by atoms with Crippen LogP contribution >= 0.6 is 11.6 Å². The average Bonchev–Trinajstić information content (AvgIpc) is 2.55. The Kier molecular flexibility index (Phi) is 4.76. The summed E-state index contributed by atoms with van der Waals surface area (Å²) >= 11 is 5.92. The summed E-state index contributed by atoms with van der Waals surface area (Å²) in [6, 6.07) is 13.7. The first-order chi connectivity index (χ1) is 11.9. The highest BCUT2D eigenvalue weighted by Crippen LogP contribution is 2.35. The molecular formula is C17H12ClF3N4. The molecule has 1 aromatic heterocycles. The van der Waals surface area contributed by atoms with Gasteiger partial charge in [-0.1, -0.05) is 29.8 Å². The number of hydrogen-bond acceptors (Lipinski definition) is 4. The van der Waals surface area contributed by atoms with Crippen molar-refractivity contribution in [3.8, 4) is 0 Å². The van der Waals surface area contributed by atoms with Crippen molar-refractivity contribution in [2.45, 2.75) is 6.18 Å². The molecule has 2 N–H and O–H groups in total. The van der Waals surface area contributed by atoms with Gasteiger partial charge in [-0.05, 0) is 36.4 Å². The Balaban J connectivity index is 1.83. The van der Waals surface area contributed by atoms with Crippen LogP contribution in [-0.4, -0.2) is 9.97 Å². The van der Waals surface area contributed by atoms with Crippen LogP contribution in [0.5, 0.6) is 0 Å². The summed E-state index contributed by atoms with van der Waals surface area (Å²) in [5.74, 6) is 0.466. The smallest absolute Gasteiger partial charge is 0.340 e. The topological polar surface area (TPSA) is 49.8 Å². The molecule has 8 heteroatoms. The van der Waals surface area contributed by atoms with E-state index in [9.17, 15) is 13.2 Å². The van der Waals surface area contributed by atoms with E-state index in [1.54, 1.807) is 30.3 Å². The first-order valence-corrected chi connectivity index (χ1v) is 7.58. The first-order valence-electron chi connectivity index (χ1n) is 7.21. The normalized spacial score (nSPS) is 11.2. The number of halogens is 4. The number of nitrogens with one attached hydrogen (secondary N) is 2. The molecule has 128 valence electrons. The third kappa shape index (κ3) is 4.39. The van der Waals surface area contributed by atoms with Crippen LogP contribution in [0.4, 0.5) is 36.3 Å². The summed E-state index contributed by atoms with van der Waals surface area (Å²) in [6.45, 7) is 0. The number of benzene rings is 2. The van der Waals surface area contributed by atoms with Crippen molar-refractivity contribution in [1.82, 2.24) is 9.97 Å². The number of nitrogens with zero attached hydrogens (tertiary/aromatic N) is 2. The lowest BCUT2D eigenvalue weighted by Gasteiger charge is -2.14. The fraction of sp³-hybridized carbons (Fsp3) is 0.0588. The van der Waals surface area contributed by atoms with Gasteiger partial charge in [0.25, 0.3) is 0 Å². The van der Waals surface area contributed by atoms with Gasteiger partial charge in [-0.25, -0.2) is 4.98 Å². The van der Waals surface area contributed by atoms with Crippen LogP contribution in [0, 0.1) is 0 Å². The number of rotatable bonds is 4. The SMILES string of the molecule is FC(F)(F)c1ccccc1Nc1nccc(Nc2cccc(Cl)c2)n1. The zero-order chi connectivity index (χ0) is 17.9. The van der Waals surface area contributed by atoms with Gasteiger partial charge >= 0.3 is 6.18 Å². The maximum Gasteiger partial charge on any atom is 0.418 e. The van der Waals surface area contributed by atoms with Gasteiger partial charge in [0, 0.05) is 16.9 Å². The van der Waals surface area contributed by atoms with E-state index >= 15 is 0 Å². The molecular weight excluding hydrogens is 353 g/mol. The van der Waals surface area contributed by atoms with Gasteiger partial charge in [0.15, 0.2) is 0 Å². The van der Waals surface area contributed by atoms with E-state index in [1.165, 1.54) is 24.4 Å². The van der Waals surface area contributed by atoms with Crippen LogP contribution < -0.4 is 10.6 Å². The van der Waals surface area contributed by atoms with E-state index in [1.807, 2.05) is 0 Å². The Morgan fingerprint density at radius 2 is 1.72 bits per heavy atom. The molecule has 0 aliphatic carbocycles. The number of anilines is 4. The van der Waals surface area contributed by atoms with Crippen LogP contribution in [-0.2, 0) is 6.18 Å². The minimum Gasteiger partial charge on any atom is -0.340 e. The lowest BCUT2D eigenvalue weighted by atomic mass is 10.1. The lowest BCUT2D eigenvalue weighted by molar-refractivity contribution is -0.136. The molecule has 3 aromatic rings. The molecule has 0 amide bonds. The van der Waals surface area contributed by atoms with E-state index in [-0.39, 0.29) is 11.6 Å². The molecule has 0 unspecified atom stereocenters. The summed E-state index contributed by atoms with van der Waals surface area (Å²) < 4.78 is 39.2. The van der Waals surface area contributed by atoms with Gasteiger partial charge in [-0.15, -0.1) is 0 Å². The van der Waals surface area contributed by atoms with Gasteiger partial charge in [-0.2, -0.15) is 18.2 Å². The summed E-state index contributed by atoms with van der Waals surface area (Å²) in [5.41, 5.74) is -0.199. The predicted molar refractivity (Wildman–Crippen MR) is 91.5 cm³/mol. The molecule has 0 bridgehead atoms. The lowest BCUT2D eigenvalue weighted by Crippen LogP contribution is -2.09. The minimum atomic E-state index is -4.47. The van der Waals surface area contributed by atoms with Gasteiger partial charge in [0.2, 0.25) is 5.95 Å².